The van der Waals surface area contributed by atoms with Gasteiger partial charge in [-0.2, -0.15) is 0 Å². The van der Waals surface area contributed by atoms with Gasteiger partial charge in [0.05, 0.1) is 6.54 Å². The minimum atomic E-state index is -0.245. The molecule has 1 aliphatic rings. The number of hydrogen-bond donors (Lipinski definition) is 2. The Kier molecular flexibility index (Phi) is 6.29. The Morgan fingerprint density at radius 2 is 1.86 bits per heavy atom. The minimum Gasteiger partial charge on any atom is -0.492 e. The number of carbonyl (C=O) groups is 1. The van der Waals surface area contributed by atoms with Gasteiger partial charge in [-0.05, 0) is 42.3 Å². The monoisotopic (exact) mass is 384 g/mol. The van der Waals surface area contributed by atoms with Gasteiger partial charge in [-0.1, -0.05) is 32.0 Å². The van der Waals surface area contributed by atoms with Crippen LogP contribution in [0.15, 0.2) is 42.5 Å². The summed E-state index contributed by atoms with van der Waals surface area (Å²) in [5.74, 6) is 2.33. The molecule has 0 saturated heterocycles. The lowest BCUT2D eigenvalue weighted by Gasteiger charge is -2.27. The molecule has 6 nitrogen and oxygen atoms in total. The Morgan fingerprint density at radius 3 is 2.64 bits per heavy atom. The number of hydrogen-bond acceptors (Lipinski definition) is 4. The number of nitrogens with one attached hydrogen (secondary N) is 2. The van der Waals surface area contributed by atoms with E-state index >= 15 is 0 Å². The molecular formula is C22H28N2O4. The molecule has 150 valence electrons. The fourth-order valence-corrected chi connectivity index (χ4v) is 2.97. The molecule has 0 unspecified atom stereocenters. The van der Waals surface area contributed by atoms with E-state index in [0.29, 0.717) is 32.9 Å². The van der Waals surface area contributed by atoms with Crippen molar-refractivity contribution < 1.29 is 19.0 Å². The van der Waals surface area contributed by atoms with Crippen molar-refractivity contribution in [1.29, 1.82) is 0 Å². The maximum Gasteiger partial charge on any atom is 0.314 e. The van der Waals surface area contributed by atoms with Crippen LogP contribution in [0.5, 0.6) is 17.2 Å². The first-order valence-electron chi connectivity index (χ1n) is 9.55. The van der Waals surface area contributed by atoms with E-state index in [9.17, 15) is 4.79 Å². The molecule has 2 amide bonds. The Bertz CT molecular complexity index is 820. The second kappa shape index (κ2) is 8.87. The van der Waals surface area contributed by atoms with Crippen LogP contribution in [0.25, 0.3) is 0 Å². The first-order chi connectivity index (χ1) is 13.4. The number of ether oxygens (including phenoxy) is 3. The Labute approximate surface area is 166 Å². The molecule has 3 rings (SSSR count). The summed E-state index contributed by atoms with van der Waals surface area (Å²) < 4.78 is 16.9. The second-order valence-corrected chi connectivity index (χ2v) is 7.52. The van der Waals surface area contributed by atoms with Crippen molar-refractivity contribution in [2.24, 2.45) is 0 Å². The SMILES string of the molecule is Cc1cccc(OCCNC(=O)NCC(C)(C)c2ccc3c(c2)OCCO3)c1. The lowest BCUT2D eigenvalue weighted by Crippen LogP contribution is -2.43. The van der Waals surface area contributed by atoms with Crippen LogP contribution in [0.1, 0.15) is 25.0 Å². The van der Waals surface area contributed by atoms with Gasteiger partial charge < -0.3 is 24.8 Å². The van der Waals surface area contributed by atoms with E-state index < -0.39 is 0 Å². The normalized spacial score (nSPS) is 13.0. The summed E-state index contributed by atoms with van der Waals surface area (Å²) >= 11 is 0. The lowest BCUT2D eigenvalue weighted by molar-refractivity contribution is 0.171. The average molecular weight is 384 g/mol. The largest absolute Gasteiger partial charge is 0.492 e. The van der Waals surface area contributed by atoms with Crippen LogP contribution in [-0.2, 0) is 5.41 Å². The van der Waals surface area contributed by atoms with E-state index in [4.69, 9.17) is 14.2 Å². The molecule has 0 aromatic heterocycles. The number of fused-ring (bicyclic) bond motifs is 1. The Morgan fingerprint density at radius 1 is 1.07 bits per heavy atom. The fourth-order valence-electron chi connectivity index (χ4n) is 2.97. The first kappa shape index (κ1) is 19.9. The number of benzene rings is 2. The third-order valence-corrected chi connectivity index (χ3v) is 4.66. The van der Waals surface area contributed by atoms with E-state index in [0.717, 1.165) is 28.4 Å². The van der Waals surface area contributed by atoms with Gasteiger partial charge in [-0.15, -0.1) is 0 Å². The molecule has 2 aromatic carbocycles. The van der Waals surface area contributed by atoms with Gasteiger partial charge in [-0.3, -0.25) is 0 Å². The molecule has 2 aromatic rings. The molecule has 1 aliphatic heterocycles. The number of urea groups is 1. The zero-order chi connectivity index (χ0) is 20.0. The molecule has 0 bridgehead atoms. The minimum absolute atomic E-state index is 0.210. The van der Waals surface area contributed by atoms with Crippen molar-refractivity contribution >= 4 is 6.03 Å². The quantitative estimate of drug-likeness (QED) is 0.718. The first-order valence-corrected chi connectivity index (χ1v) is 9.55. The second-order valence-electron chi connectivity index (χ2n) is 7.52. The molecule has 0 atom stereocenters. The molecule has 0 aliphatic carbocycles. The lowest BCUT2D eigenvalue weighted by atomic mass is 9.84. The van der Waals surface area contributed by atoms with Crippen LogP contribution >= 0.6 is 0 Å². The van der Waals surface area contributed by atoms with Gasteiger partial charge in [0.2, 0.25) is 0 Å². The van der Waals surface area contributed by atoms with Crippen molar-refractivity contribution in [1.82, 2.24) is 10.6 Å². The number of aryl methyl sites for hydroxylation is 1. The number of rotatable bonds is 7. The van der Waals surface area contributed by atoms with Crippen LogP contribution in [0.2, 0.25) is 0 Å². The topological polar surface area (TPSA) is 68.8 Å². The molecule has 6 heteroatoms. The average Bonchev–Trinajstić information content (AvgIpc) is 2.69. The predicted octanol–water partition coefficient (Wildman–Crippen LogP) is 3.42. The van der Waals surface area contributed by atoms with E-state index in [2.05, 4.69) is 24.5 Å². The van der Waals surface area contributed by atoms with E-state index in [-0.39, 0.29) is 11.4 Å². The zero-order valence-electron chi connectivity index (χ0n) is 16.7. The Hall–Kier alpha value is -2.89. The Balaban J connectivity index is 1.43. The smallest absolute Gasteiger partial charge is 0.314 e. The summed E-state index contributed by atoms with van der Waals surface area (Å²) in [7, 11) is 0. The highest BCUT2D eigenvalue weighted by atomic mass is 16.6. The van der Waals surface area contributed by atoms with Crippen molar-refractivity contribution in [3.05, 3.63) is 53.6 Å². The summed E-state index contributed by atoms with van der Waals surface area (Å²) in [5, 5.41) is 5.75. The molecule has 0 spiro atoms. The van der Waals surface area contributed by atoms with Crippen LogP contribution < -0.4 is 24.8 Å². The summed E-state index contributed by atoms with van der Waals surface area (Å²) in [6, 6.07) is 13.6. The van der Waals surface area contributed by atoms with Crippen molar-refractivity contribution in [2.45, 2.75) is 26.2 Å². The third-order valence-electron chi connectivity index (χ3n) is 4.66. The molecule has 1 heterocycles. The highest BCUT2D eigenvalue weighted by Gasteiger charge is 2.24. The molecule has 0 fully saturated rings. The van der Waals surface area contributed by atoms with E-state index in [1.54, 1.807) is 0 Å². The van der Waals surface area contributed by atoms with E-state index in [1.165, 1.54) is 0 Å². The number of amides is 2. The third kappa shape index (κ3) is 5.31. The van der Waals surface area contributed by atoms with Crippen molar-refractivity contribution in [2.75, 3.05) is 32.9 Å². The zero-order valence-corrected chi connectivity index (χ0v) is 16.7. The molecule has 28 heavy (non-hydrogen) atoms. The maximum atomic E-state index is 12.1. The van der Waals surface area contributed by atoms with Crippen molar-refractivity contribution in [3.8, 4) is 17.2 Å². The summed E-state index contributed by atoms with van der Waals surface area (Å²) in [5.41, 5.74) is 1.98. The summed E-state index contributed by atoms with van der Waals surface area (Å²) in [6.07, 6.45) is 0. The standard InChI is InChI=1S/C22H28N2O4/c1-16-5-4-6-18(13-16)26-10-9-23-21(25)24-15-22(2,3)17-7-8-19-20(14-17)28-12-11-27-19/h4-8,13-14H,9-12,15H2,1-3H3,(H2,23,24,25). The maximum absolute atomic E-state index is 12.1. The van der Waals surface area contributed by atoms with Gasteiger partial charge in [0.15, 0.2) is 11.5 Å². The van der Waals surface area contributed by atoms with Gasteiger partial charge in [0.25, 0.3) is 0 Å². The molecular weight excluding hydrogens is 356 g/mol. The van der Waals surface area contributed by atoms with Crippen LogP contribution in [0.4, 0.5) is 4.79 Å². The number of carbonyl (C=O) groups excluding carboxylic acids is 1. The summed E-state index contributed by atoms with van der Waals surface area (Å²) in [6.45, 7) is 8.66. The highest BCUT2D eigenvalue weighted by molar-refractivity contribution is 5.74. The summed E-state index contributed by atoms with van der Waals surface area (Å²) in [4.78, 5) is 12.1. The van der Waals surface area contributed by atoms with Gasteiger partial charge in [0.1, 0.15) is 25.6 Å². The van der Waals surface area contributed by atoms with Crippen LogP contribution in [-0.4, -0.2) is 38.9 Å². The van der Waals surface area contributed by atoms with Gasteiger partial charge in [0, 0.05) is 12.0 Å². The molecule has 0 radical (unpaired) electrons. The van der Waals surface area contributed by atoms with Crippen LogP contribution in [0, 0.1) is 6.92 Å². The highest BCUT2D eigenvalue weighted by Crippen LogP contribution is 2.34. The molecule has 2 N–H and O–H groups in total. The van der Waals surface area contributed by atoms with Gasteiger partial charge in [-0.25, -0.2) is 4.79 Å². The van der Waals surface area contributed by atoms with Crippen molar-refractivity contribution in [3.63, 3.8) is 0 Å². The predicted molar refractivity (Wildman–Crippen MR) is 109 cm³/mol. The van der Waals surface area contributed by atoms with E-state index in [1.807, 2.05) is 49.4 Å². The fraction of sp³-hybridized carbons (Fsp3) is 0.409. The van der Waals surface area contributed by atoms with Gasteiger partial charge >= 0.3 is 6.03 Å². The van der Waals surface area contributed by atoms with Crippen LogP contribution in [0.3, 0.4) is 0 Å². The molecule has 0 saturated carbocycles.